The molecule has 1 aliphatic rings. The van der Waals surface area contributed by atoms with E-state index in [1.165, 1.54) is 12.8 Å². The summed E-state index contributed by atoms with van der Waals surface area (Å²) >= 11 is 0. The third-order valence-electron chi connectivity index (χ3n) is 3.95. The fraction of sp³-hybridized carbons (Fsp3) is 0.625. The van der Waals surface area contributed by atoms with Crippen LogP contribution in [-0.2, 0) is 6.54 Å². The second kappa shape index (κ2) is 8.25. The Morgan fingerprint density at radius 2 is 2.30 bits per heavy atom. The summed E-state index contributed by atoms with van der Waals surface area (Å²) in [5.74, 6) is 1.55. The molecule has 0 amide bonds. The van der Waals surface area contributed by atoms with Gasteiger partial charge in [0.15, 0.2) is 0 Å². The van der Waals surface area contributed by atoms with Crippen LogP contribution in [0.3, 0.4) is 0 Å². The molecule has 3 N–H and O–H groups in total. The van der Waals surface area contributed by atoms with Gasteiger partial charge < -0.3 is 15.6 Å². The van der Waals surface area contributed by atoms with E-state index in [0.717, 1.165) is 37.4 Å². The molecule has 1 saturated heterocycles. The third-order valence-corrected chi connectivity index (χ3v) is 3.95. The first kappa shape index (κ1) is 15.3. The van der Waals surface area contributed by atoms with E-state index < -0.39 is 0 Å². The Balaban J connectivity index is 1.72. The molecule has 20 heavy (non-hydrogen) atoms. The van der Waals surface area contributed by atoms with E-state index in [9.17, 15) is 0 Å². The van der Waals surface area contributed by atoms with E-state index in [2.05, 4.69) is 4.90 Å². The van der Waals surface area contributed by atoms with E-state index in [1.807, 2.05) is 24.3 Å². The van der Waals surface area contributed by atoms with E-state index >= 15 is 0 Å². The van der Waals surface area contributed by atoms with Crippen LogP contribution in [0.5, 0.6) is 5.75 Å². The third kappa shape index (κ3) is 4.78. The van der Waals surface area contributed by atoms with Crippen LogP contribution in [0.1, 0.15) is 24.8 Å². The first-order valence-corrected chi connectivity index (χ1v) is 7.57. The van der Waals surface area contributed by atoms with Crippen molar-refractivity contribution in [1.29, 1.82) is 0 Å². The van der Waals surface area contributed by atoms with Crippen molar-refractivity contribution >= 4 is 0 Å². The maximum absolute atomic E-state index is 9.03. The van der Waals surface area contributed by atoms with E-state index in [1.54, 1.807) is 0 Å². The first-order chi connectivity index (χ1) is 9.81. The number of benzene rings is 1. The minimum absolute atomic E-state index is 0.306. The number of hydrogen-bond donors (Lipinski definition) is 2. The molecule has 0 aromatic heterocycles. The van der Waals surface area contributed by atoms with Gasteiger partial charge in [-0.3, -0.25) is 4.90 Å². The number of aliphatic hydroxyl groups excluding tert-OH is 1. The summed E-state index contributed by atoms with van der Waals surface area (Å²) in [7, 11) is 0. The zero-order valence-electron chi connectivity index (χ0n) is 12.1. The summed E-state index contributed by atoms with van der Waals surface area (Å²) in [5, 5.41) is 9.03. The van der Waals surface area contributed by atoms with Gasteiger partial charge in [0.2, 0.25) is 0 Å². The van der Waals surface area contributed by atoms with Crippen molar-refractivity contribution in [2.45, 2.75) is 25.8 Å². The Hall–Kier alpha value is -1.10. The number of likely N-dealkylation sites (tertiary alicyclic amines) is 1. The predicted octanol–water partition coefficient (Wildman–Crippen LogP) is 1.62. The highest BCUT2D eigenvalue weighted by molar-refractivity contribution is 5.28. The summed E-state index contributed by atoms with van der Waals surface area (Å²) in [5.41, 5.74) is 6.72. The highest BCUT2D eigenvalue weighted by atomic mass is 16.5. The Labute approximate surface area is 121 Å². The molecule has 1 aromatic rings. The standard InChI is InChI=1S/C16H26N2O2/c17-12-15-3-1-5-16(11-15)20-10-8-18-7-2-4-14(13-18)6-9-19/h1,3,5,11,14,19H,2,4,6-10,12-13,17H2. The van der Waals surface area contributed by atoms with Gasteiger partial charge in [-0.25, -0.2) is 0 Å². The van der Waals surface area contributed by atoms with Crippen molar-refractivity contribution in [3.63, 3.8) is 0 Å². The molecule has 1 heterocycles. The second-order valence-electron chi connectivity index (χ2n) is 5.52. The minimum atomic E-state index is 0.306. The Morgan fingerprint density at radius 1 is 1.40 bits per heavy atom. The Kier molecular flexibility index (Phi) is 6.30. The molecule has 0 spiro atoms. The highest BCUT2D eigenvalue weighted by Gasteiger charge is 2.18. The van der Waals surface area contributed by atoms with Gasteiger partial charge in [0, 0.05) is 26.2 Å². The van der Waals surface area contributed by atoms with Gasteiger partial charge in [-0.1, -0.05) is 12.1 Å². The van der Waals surface area contributed by atoms with Crippen LogP contribution < -0.4 is 10.5 Å². The Bertz CT molecular complexity index is 396. The summed E-state index contributed by atoms with van der Waals surface area (Å²) in [6, 6.07) is 7.97. The lowest BCUT2D eigenvalue weighted by atomic mass is 9.95. The molecule has 4 heteroatoms. The average Bonchev–Trinajstić information content (AvgIpc) is 2.48. The number of rotatable bonds is 7. The molecule has 1 aromatic carbocycles. The van der Waals surface area contributed by atoms with Crippen molar-refractivity contribution in [3.05, 3.63) is 29.8 Å². The monoisotopic (exact) mass is 278 g/mol. The second-order valence-corrected chi connectivity index (χ2v) is 5.52. The normalized spacial score (nSPS) is 20.0. The van der Waals surface area contributed by atoms with Crippen LogP contribution in [0.4, 0.5) is 0 Å². The molecule has 4 nitrogen and oxygen atoms in total. The SMILES string of the molecule is NCc1cccc(OCCN2CCCC(CCO)C2)c1. The quantitative estimate of drug-likeness (QED) is 0.796. The van der Waals surface area contributed by atoms with Gasteiger partial charge >= 0.3 is 0 Å². The van der Waals surface area contributed by atoms with Gasteiger partial charge in [0.25, 0.3) is 0 Å². The van der Waals surface area contributed by atoms with Crippen LogP contribution >= 0.6 is 0 Å². The van der Waals surface area contributed by atoms with Crippen molar-refractivity contribution in [1.82, 2.24) is 4.90 Å². The zero-order chi connectivity index (χ0) is 14.2. The maximum Gasteiger partial charge on any atom is 0.119 e. The molecular weight excluding hydrogens is 252 g/mol. The molecule has 1 unspecified atom stereocenters. The zero-order valence-corrected chi connectivity index (χ0v) is 12.1. The lowest BCUT2D eigenvalue weighted by molar-refractivity contribution is 0.129. The fourth-order valence-corrected chi connectivity index (χ4v) is 2.83. The van der Waals surface area contributed by atoms with E-state index in [4.69, 9.17) is 15.6 Å². The first-order valence-electron chi connectivity index (χ1n) is 7.57. The van der Waals surface area contributed by atoms with Gasteiger partial charge in [-0.05, 0) is 49.4 Å². The van der Waals surface area contributed by atoms with Gasteiger partial charge in [0.05, 0.1) is 0 Å². The van der Waals surface area contributed by atoms with Gasteiger partial charge in [-0.2, -0.15) is 0 Å². The molecule has 1 atom stereocenters. The number of nitrogens with zero attached hydrogens (tertiary/aromatic N) is 1. The van der Waals surface area contributed by atoms with Gasteiger partial charge in [-0.15, -0.1) is 0 Å². The van der Waals surface area contributed by atoms with Crippen molar-refractivity contribution in [2.75, 3.05) is 32.8 Å². The molecule has 2 rings (SSSR count). The molecule has 112 valence electrons. The van der Waals surface area contributed by atoms with Crippen LogP contribution in [0.15, 0.2) is 24.3 Å². The van der Waals surface area contributed by atoms with Crippen LogP contribution in [0.25, 0.3) is 0 Å². The smallest absolute Gasteiger partial charge is 0.119 e. The number of nitrogens with two attached hydrogens (primary N) is 1. The maximum atomic E-state index is 9.03. The summed E-state index contributed by atoms with van der Waals surface area (Å²) in [4.78, 5) is 2.44. The average molecular weight is 278 g/mol. The summed E-state index contributed by atoms with van der Waals surface area (Å²) < 4.78 is 5.80. The molecule has 0 radical (unpaired) electrons. The lowest BCUT2D eigenvalue weighted by Crippen LogP contribution is -2.38. The number of hydrogen-bond acceptors (Lipinski definition) is 4. The van der Waals surface area contributed by atoms with E-state index in [0.29, 0.717) is 25.7 Å². The van der Waals surface area contributed by atoms with Crippen LogP contribution in [-0.4, -0.2) is 42.9 Å². The van der Waals surface area contributed by atoms with Crippen LogP contribution in [0, 0.1) is 5.92 Å². The topological polar surface area (TPSA) is 58.7 Å². The summed E-state index contributed by atoms with van der Waals surface area (Å²) in [6.45, 7) is 4.75. The van der Waals surface area contributed by atoms with Crippen molar-refractivity contribution in [2.24, 2.45) is 11.7 Å². The predicted molar refractivity (Wildman–Crippen MR) is 80.7 cm³/mol. The summed E-state index contributed by atoms with van der Waals surface area (Å²) in [6.07, 6.45) is 3.40. The number of aliphatic hydroxyl groups is 1. The van der Waals surface area contributed by atoms with Gasteiger partial charge in [0.1, 0.15) is 12.4 Å². The molecule has 1 fully saturated rings. The molecular formula is C16H26N2O2. The number of ether oxygens (including phenoxy) is 1. The molecule has 0 bridgehead atoms. The molecule has 1 aliphatic heterocycles. The highest BCUT2D eigenvalue weighted by Crippen LogP contribution is 2.19. The Morgan fingerprint density at radius 3 is 3.10 bits per heavy atom. The largest absolute Gasteiger partial charge is 0.492 e. The number of piperidine rings is 1. The lowest BCUT2D eigenvalue weighted by Gasteiger charge is -2.32. The minimum Gasteiger partial charge on any atom is -0.492 e. The van der Waals surface area contributed by atoms with Crippen LogP contribution in [0.2, 0.25) is 0 Å². The fourth-order valence-electron chi connectivity index (χ4n) is 2.83. The molecule has 0 aliphatic carbocycles. The van der Waals surface area contributed by atoms with Crippen molar-refractivity contribution in [3.8, 4) is 5.75 Å². The van der Waals surface area contributed by atoms with Crippen molar-refractivity contribution < 1.29 is 9.84 Å². The molecule has 0 saturated carbocycles. The van der Waals surface area contributed by atoms with E-state index in [-0.39, 0.29) is 0 Å².